The fraction of sp³-hybridized carbons (Fsp3) is 0. The first-order valence-corrected chi connectivity index (χ1v) is 0. The fourth-order valence-corrected chi connectivity index (χ4v) is 0. The second-order valence-corrected chi connectivity index (χ2v) is 0. The summed E-state index contributed by atoms with van der Waals surface area (Å²) in [5.41, 5.74) is 0. The molecule has 0 amide bonds. The van der Waals surface area contributed by atoms with Crippen LogP contribution >= 0.6 is 12.4 Å². The summed E-state index contributed by atoms with van der Waals surface area (Å²) in [6, 6.07) is 0. The molecule has 0 spiro atoms. The minimum Gasteiger partial charge on any atom is -1.00 e. The summed E-state index contributed by atoms with van der Waals surface area (Å²) < 4.78 is 0. The standard InChI is InChI=1S/Ca.3ClH.Mg.2H/h;3*1H;;;/q+2;;;;+2;2*-1/p-1. The van der Waals surface area contributed by atoms with Gasteiger partial charge < -0.3 is 27.7 Å². The molecule has 0 unspecified atom stereocenters. The third-order valence-corrected chi connectivity index (χ3v) is 0. The molecule has 0 fully saturated rings. The second kappa shape index (κ2) is 28.6. The molecule has 0 aliphatic rings. The Morgan fingerprint density at radius 1 is 1.20 bits per heavy atom. The zero-order valence-corrected chi connectivity index (χ0v) is 8.53. The predicted molar refractivity (Wildman–Crippen MR) is 22.1 cm³/mol. The van der Waals surface area contributed by atoms with E-state index in [1.54, 1.807) is 0 Å². The molecule has 0 N–H and O–H groups in total. The van der Waals surface area contributed by atoms with Crippen molar-refractivity contribution >= 4 is 73.2 Å². The first-order valence-electron chi connectivity index (χ1n) is 0. The van der Waals surface area contributed by atoms with Gasteiger partial charge in [-0.2, -0.15) is 0 Å². The molecule has 28 valence electrons. The second-order valence-electron chi connectivity index (χ2n) is 0. The Bertz CT molecular complexity index is 14.5. The molecule has 0 saturated carbocycles. The number of rotatable bonds is 0. The molecule has 5 heteroatoms. The van der Waals surface area contributed by atoms with Crippen LogP contribution in [0.15, 0.2) is 0 Å². The van der Waals surface area contributed by atoms with Gasteiger partial charge in [-0.1, -0.05) is 0 Å². The monoisotopic (exact) mass is 173 g/mol. The minimum absolute atomic E-state index is 0. The van der Waals surface area contributed by atoms with Gasteiger partial charge in [0.05, 0.1) is 0 Å². The predicted octanol–water partition coefficient (Wildman–Crippen LogP) is -5.99. The third kappa shape index (κ3) is 19.7. The maximum atomic E-state index is 0. The summed E-state index contributed by atoms with van der Waals surface area (Å²) in [4.78, 5) is 0. The van der Waals surface area contributed by atoms with Crippen molar-refractivity contribution in [1.29, 1.82) is 0 Å². The van der Waals surface area contributed by atoms with Gasteiger partial charge in [-0.05, 0) is 0 Å². The zero-order chi connectivity index (χ0) is 0. The Labute approximate surface area is 101 Å². The van der Waals surface area contributed by atoms with E-state index in [9.17, 15) is 0 Å². The minimum atomic E-state index is 0. The van der Waals surface area contributed by atoms with E-state index in [-0.39, 0.29) is 102 Å². The number of hydrogen-bond donors (Lipinski definition) is 0. The van der Waals surface area contributed by atoms with Gasteiger partial charge in [-0.15, -0.1) is 12.4 Å². The van der Waals surface area contributed by atoms with Crippen LogP contribution in [0.25, 0.3) is 0 Å². The Morgan fingerprint density at radius 2 is 1.20 bits per heavy atom. The van der Waals surface area contributed by atoms with E-state index in [0.717, 1.165) is 0 Å². The molecule has 5 heavy (non-hydrogen) atoms. The molecule has 0 aliphatic carbocycles. The van der Waals surface area contributed by atoms with Crippen molar-refractivity contribution < 1.29 is 29.1 Å². The molecule has 0 atom stereocenters. The van der Waals surface area contributed by atoms with Gasteiger partial charge in [-0.25, -0.2) is 0 Å². The smallest absolute Gasteiger partial charge is 1.00 e. The SMILES string of the molecule is Cl.[Ca+2].[Cl-].[Cl-].[H+].[H-].[H-].[Mg+2]. The quantitative estimate of drug-likeness (QED) is 0.321. The molecular formula is H4CaCl3Mg+. The average Bonchev–Trinajstić information content (AvgIpc) is 0. The largest absolute Gasteiger partial charge is 2.00 e. The zero-order valence-electron chi connectivity index (χ0n) is 5.58. The Kier molecular flexibility index (Phi) is 256. The van der Waals surface area contributed by atoms with E-state index < -0.39 is 0 Å². The average molecular weight is 175 g/mol. The summed E-state index contributed by atoms with van der Waals surface area (Å²) in [6.45, 7) is 0. The molecule has 0 nitrogen and oxygen atoms in total. The van der Waals surface area contributed by atoms with Crippen LogP contribution in [0.5, 0.6) is 0 Å². The molecule has 0 rings (SSSR count). The number of halogens is 3. The van der Waals surface area contributed by atoms with Crippen molar-refractivity contribution in [3.05, 3.63) is 0 Å². The Morgan fingerprint density at radius 3 is 1.20 bits per heavy atom. The molecule has 0 saturated heterocycles. The summed E-state index contributed by atoms with van der Waals surface area (Å²) in [6.07, 6.45) is 0. The van der Waals surface area contributed by atoms with Crippen molar-refractivity contribution in [1.82, 2.24) is 0 Å². The van der Waals surface area contributed by atoms with Crippen LogP contribution in [-0.2, 0) is 0 Å². The van der Waals surface area contributed by atoms with Crippen LogP contribution in [0.1, 0.15) is 4.28 Å². The van der Waals surface area contributed by atoms with Crippen LogP contribution in [-0.4, -0.2) is 60.8 Å². The van der Waals surface area contributed by atoms with E-state index in [1.807, 2.05) is 0 Å². The van der Waals surface area contributed by atoms with Gasteiger partial charge in [0.25, 0.3) is 0 Å². The molecule has 0 aliphatic heterocycles. The molecule has 0 aromatic rings. The molecule has 0 bridgehead atoms. The van der Waals surface area contributed by atoms with E-state index >= 15 is 0 Å². The number of hydrogen-bond acceptors (Lipinski definition) is 0. The van der Waals surface area contributed by atoms with E-state index in [1.165, 1.54) is 0 Å². The van der Waals surface area contributed by atoms with Crippen LogP contribution in [0.3, 0.4) is 0 Å². The van der Waals surface area contributed by atoms with Gasteiger partial charge in [-0.3, -0.25) is 0 Å². The van der Waals surface area contributed by atoms with Crippen molar-refractivity contribution in [3.8, 4) is 0 Å². The normalized spacial score (nSPS) is 0. The summed E-state index contributed by atoms with van der Waals surface area (Å²) in [7, 11) is 0. The molecular weight excluding hydrogens is 171 g/mol. The van der Waals surface area contributed by atoms with E-state index in [0.29, 0.717) is 0 Å². The summed E-state index contributed by atoms with van der Waals surface area (Å²) in [5, 5.41) is 0. The van der Waals surface area contributed by atoms with E-state index in [2.05, 4.69) is 0 Å². The van der Waals surface area contributed by atoms with E-state index in [4.69, 9.17) is 0 Å². The molecule has 0 heterocycles. The molecule has 0 radical (unpaired) electrons. The Hall–Kier alpha value is 2.90. The Balaban J connectivity index is 0. The van der Waals surface area contributed by atoms with Gasteiger partial charge in [0.2, 0.25) is 0 Å². The maximum absolute atomic E-state index is 0. The van der Waals surface area contributed by atoms with Crippen molar-refractivity contribution in [3.63, 3.8) is 0 Å². The summed E-state index contributed by atoms with van der Waals surface area (Å²) >= 11 is 0. The van der Waals surface area contributed by atoms with Crippen LogP contribution < -0.4 is 24.8 Å². The van der Waals surface area contributed by atoms with Gasteiger partial charge in [0.1, 0.15) is 0 Å². The van der Waals surface area contributed by atoms with Gasteiger partial charge >= 0.3 is 62.2 Å². The molecule has 0 aromatic carbocycles. The topological polar surface area (TPSA) is 0 Å². The van der Waals surface area contributed by atoms with Gasteiger partial charge in [0.15, 0.2) is 0 Å². The van der Waals surface area contributed by atoms with Crippen LogP contribution in [0.4, 0.5) is 0 Å². The van der Waals surface area contributed by atoms with Gasteiger partial charge in [0, 0.05) is 0 Å². The first kappa shape index (κ1) is 44.8. The van der Waals surface area contributed by atoms with Crippen LogP contribution in [0, 0.1) is 0 Å². The van der Waals surface area contributed by atoms with Crippen molar-refractivity contribution in [2.45, 2.75) is 0 Å². The fourth-order valence-electron chi connectivity index (χ4n) is 0. The van der Waals surface area contributed by atoms with Crippen molar-refractivity contribution in [2.24, 2.45) is 0 Å². The summed E-state index contributed by atoms with van der Waals surface area (Å²) in [5.74, 6) is 0. The molecule has 0 aromatic heterocycles. The third-order valence-electron chi connectivity index (χ3n) is 0. The first-order chi connectivity index (χ1) is 0. The van der Waals surface area contributed by atoms with Crippen molar-refractivity contribution in [2.75, 3.05) is 0 Å². The van der Waals surface area contributed by atoms with Crippen LogP contribution in [0.2, 0.25) is 0 Å². The maximum Gasteiger partial charge on any atom is 2.00 e.